The maximum Gasteiger partial charge on any atom is 0.220 e. The molecule has 2 aliphatic rings. The number of unbranched alkanes of at least 4 members (excludes halogenated alkanes) is 1. The van der Waals surface area contributed by atoms with E-state index in [4.69, 9.17) is 14.2 Å². The number of carbonyl (C=O) groups is 1. The molecule has 0 radical (unpaired) electrons. The Kier molecular flexibility index (Phi) is 12.0. The molecule has 212 valence electrons. The van der Waals surface area contributed by atoms with Crippen molar-refractivity contribution < 1.29 is 24.1 Å². The molecule has 1 aliphatic heterocycles. The van der Waals surface area contributed by atoms with Gasteiger partial charge in [-0.2, -0.15) is 0 Å². The lowest BCUT2D eigenvalue weighted by Gasteiger charge is -2.37. The molecule has 1 heterocycles. The quantitative estimate of drug-likeness (QED) is 0.278. The molecule has 2 N–H and O–H groups in total. The zero-order valence-corrected chi connectivity index (χ0v) is 23.2. The first-order valence-electron chi connectivity index (χ1n) is 14.3. The van der Waals surface area contributed by atoms with Gasteiger partial charge in [-0.1, -0.05) is 66.7 Å². The summed E-state index contributed by atoms with van der Waals surface area (Å²) < 4.78 is 17.0. The Morgan fingerprint density at radius 3 is 2.56 bits per heavy atom. The van der Waals surface area contributed by atoms with E-state index >= 15 is 0 Å². The standard InChI is InChI=1S/C32H44N2O5/c1-37-20-17-33-31(36)12-8-3-2-7-11-28-30(23-29(35)32(28)34-18-21-38-22-19-34)39-24-25-13-15-27(16-14-25)26-9-5-4-6-10-26/h2,4-7,9-10,13-16,28-30,32,35H,3,8,11-12,17-24H2,1H3,(H,33,36)/t28-,29+,30-,32+/m0/s1. The highest BCUT2D eigenvalue weighted by molar-refractivity contribution is 5.75. The molecular formula is C32H44N2O5. The zero-order valence-electron chi connectivity index (χ0n) is 23.2. The number of nitrogens with zero attached hydrogens (tertiary/aromatic N) is 1. The Morgan fingerprint density at radius 1 is 1.08 bits per heavy atom. The van der Waals surface area contributed by atoms with Crippen LogP contribution in [0.1, 0.15) is 37.7 Å². The number of rotatable bonds is 14. The topological polar surface area (TPSA) is 80.3 Å². The second kappa shape index (κ2) is 15.9. The molecule has 0 bridgehead atoms. The molecule has 0 aromatic heterocycles. The van der Waals surface area contributed by atoms with Crippen LogP contribution >= 0.6 is 0 Å². The smallest absolute Gasteiger partial charge is 0.220 e. The minimum Gasteiger partial charge on any atom is -0.391 e. The van der Waals surface area contributed by atoms with Gasteiger partial charge in [-0.05, 0) is 36.0 Å². The van der Waals surface area contributed by atoms with Crippen molar-refractivity contribution in [1.29, 1.82) is 0 Å². The lowest BCUT2D eigenvalue weighted by Crippen LogP contribution is -2.50. The molecule has 7 nitrogen and oxygen atoms in total. The van der Waals surface area contributed by atoms with E-state index in [1.165, 1.54) is 11.1 Å². The fourth-order valence-electron chi connectivity index (χ4n) is 5.69. The Bertz CT molecular complexity index is 1010. The van der Waals surface area contributed by atoms with Crippen LogP contribution in [-0.4, -0.2) is 80.7 Å². The van der Waals surface area contributed by atoms with Crippen LogP contribution in [0.5, 0.6) is 0 Å². The van der Waals surface area contributed by atoms with Crippen molar-refractivity contribution in [2.24, 2.45) is 5.92 Å². The minimum absolute atomic E-state index is 0.0159. The molecular weight excluding hydrogens is 492 g/mol. The van der Waals surface area contributed by atoms with Gasteiger partial charge >= 0.3 is 0 Å². The average molecular weight is 537 g/mol. The van der Waals surface area contributed by atoms with E-state index in [0.717, 1.165) is 37.9 Å². The fourth-order valence-corrected chi connectivity index (χ4v) is 5.69. The van der Waals surface area contributed by atoms with Gasteiger partial charge in [-0.15, -0.1) is 0 Å². The van der Waals surface area contributed by atoms with Crippen LogP contribution in [0, 0.1) is 5.92 Å². The first-order chi connectivity index (χ1) is 19.2. The summed E-state index contributed by atoms with van der Waals surface area (Å²) >= 11 is 0. The van der Waals surface area contributed by atoms with Crippen LogP contribution in [0.15, 0.2) is 66.7 Å². The van der Waals surface area contributed by atoms with E-state index in [0.29, 0.717) is 45.8 Å². The largest absolute Gasteiger partial charge is 0.391 e. The first-order valence-corrected chi connectivity index (χ1v) is 14.3. The number of allylic oxidation sites excluding steroid dienone is 2. The van der Waals surface area contributed by atoms with Crippen LogP contribution in [0.4, 0.5) is 0 Å². The van der Waals surface area contributed by atoms with E-state index in [1.807, 2.05) is 6.07 Å². The molecule has 1 saturated carbocycles. The molecule has 2 aromatic rings. The van der Waals surface area contributed by atoms with Gasteiger partial charge in [0.2, 0.25) is 5.91 Å². The Morgan fingerprint density at radius 2 is 1.82 bits per heavy atom. The van der Waals surface area contributed by atoms with E-state index in [1.54, 1.807) is 7.11 Å². The van der Waals surface area contributed by atoms with Crippen molar-refractivity contribution in [3.63, 3.8) is 0 Å². The predicted octanol–water partition coefficient (Wildman–Crippen LogP) is 4.20. The zero-order chi connectivity index (χ0) is 27.3. The molecule has 0 unspecified atom stereocenters. The summed E-state index contributed by atoms with van der Waals surface area (Å²) in [7, 11) is 1.63. The molecule has 4 rings (SSSR count). The van der Waals surface area contributed by atoms with E-state index < -0.39 is 6.10 Å². The van der Waals surface area contributed by atoms with Crippen LogP contribution in [0.3, 0.4) is 0 Å². The summed E-state index contributed by atoms with van der Waals surface area (Å²) in [6.45, 7) is 4.71. The first kappa shape index (κ1) is 29.4. The van der Waals surface area contributed by atoms with Crippen LogP contribution in [-0.2, 0) is 25.6 Å². The van der Waals surface area contributed by atoms with Crippen LogP contribution < -0.4 is 5.32 Å². The number of aliphatic hydroxyl groups is 1. The molecule has 1 saturated heterocycles. The van der Waals surface area contributed by atoms with Gasteiger partial charge < -0.3 is 24.6 Å². The lowest BCUT2D eigenvalue weighted by molar-refractivity contribution is -0.121. The van der Waals surface area contributed by atoms with Crippen molar-refractivity contribution in [3.05, 3.63) is 72.3 Å². The predicted molar refractivity (Wildman–Crippen MR) is 153 cm³/mol. The monoisotopic (exact) mass is 536 g/mol. The molecule has 1 amide bonds. The van der Waals surface area contributed by atoms with Gasteiger partial charge in [0.05, 0.1) is 38.6 Å². The number of carbonyl (C=O) groups excluding carboxylic acids is 1. The Balaban J connectivity index is 1.31. The Labute approximate surface area is 233 Å². The third-order valence-corrected chi connectivity index (χ3v) is 7.75. The highest BCUT2D eigenvalue weighted by Gasteiger charge is 2.45. The second-order valence-electron chi connectivity index (χ2n) is 10.5. The Hall–Kier alpha value is -2.55. The maximum absolute atomic E-state index is 11.9. The molecule has 0 spiro atoms. The number of aliphatic hydroxyl groups excluding tert-OH is 1. The van der Waals surface area contributed by atoms with E-state index in [9.17, 15) is 9.90 Å². The normalized spacial score (nSPS) is 23.8. The van der Waals surface area contributed by atoms with Crippen molar-refractivity contribution in [2.45, 2.75) is 57.0 Å². The van der Waals surface area contributed by atoms with Crippen LogP contribution in [0.25, 0.3) is 11.1 Å². The molecule has 2 aromatic carbocycles. The minimum atomic E-state index is -0.414. The average Bonchev–Trinajstić information content (AvgIpc) is 3.29. The van der Waals surface area contributed by atoms with Gasteiger partial charge in [0.25, 0.3) is 0 Å². The van der Waals surface area contributed by atoms with Crippen molar-refractivity contribution in [3.8, 4) is 11.1 Å². The van der Waals surface area contributed by atoms with E-state index in [2.05, 4.69) is 70.9 Å². The number of methoxy groups -OCH3 is 1. The fraction of sp³-hybridized carbons (Fsp3) is 0.531. The lowest BCUT2D eigenvalue weighted by atomic mass is 9.94. The number of benzene rings is 2. The van der Waals surface area contributed by atoms with Crippen molar-refractivity contribution in [2.75, 3.05) is 46.6 Å². The summed E-state index contributed by atoms with van der Waals surface area (Å²) in [5, 5.41) is 14.0. The summed E-state index contributed by atoms with van der Waals surface area (Å²) in [6, 6.07) is 19.0. The summed E-state index contributed by atoms with van der Waals surface area (Å²) in [5.41, 5.74) is 3.53. The van der Waals surface area contributed by atoms with Crippen molar-refractivity contribution in [1.82, 2.24) is 10.2 Å². The number of morpholine rings is 1. The molecule has 1 aliphatic carbocycles. The van der Waals surface area contributed by atoms with Crippen LogP contribution in [0.2, 0.25) is 0 Å². The number of ether oxygens (including phenoxy) is 3. The van der Waals surface area contributed by atoms with Gasteiger partial charge in [0, 0.05) is 51.5 Å². The summed E-state index contributed by atoms with van der Waals surface area (Å²) in [4.78, 5) is 14.3. The van der Waals surface area contributed by atoms with Crippen molar-refractivity contribution >= 4 is 5.91 Å². The van der Waals surface area contributed by atoms with Gasteiger partial charge in [-0.3, -0.25) is 9.69 Å². The number of hydrogen-bond donors (Lipinski definition) is 2. The third kappa shape index (κ3) is 8.98. The molecule has 39 heavy (non-hydrogen) atoms. The summed E-state index contributed by atoms with van der Waals surface area (Å²) in [6.07, 6.45) is 7.62. The highest BCUT2D eigenvalue weighted by Crippen LogP contribution is 2.36. The second-order valence-corrected chi connectivity index (χ2v) is 10.5. The van der Waals surface area contributed by atoms with E-state index in [-0.39, 0.29) is 24.0 Å². The third-order valence-electron chi connectivity index (χ3n) is 7.75. The number of nitrogens with one attached hydrogen (secondary N) is 1. The van der Waals surface area contributed by atoms with Gasteiger partial charge in [0.15, 0.2) is 0 Å². The molecule has 2 fully saturated rings. The molecule has 7 heteroatoms. The van der Waals surface area contributed by atoms with Gasteiger partial charge in [-0.25, -0.2) is 0 Å². The maximum atomic E-state index is 11.9. The summed E-state index contributed by atoms with van der Waals surface area (Å²) in [5.74, 6) is 0.271. The SMILES string of the molecule is COCCNC(=O)CCCC=CC[C@@H]1[C@@H](N2CCOCC2)[C@H](O)C[C@@H]1OCc1ccc(-c2ccccc2)cc1. The molecule has 4 atom stereocenters. The highest BCUT2D eigenvalue weighted by atomic mass is 16.5. The number of hydrogen-bond acceptors (Lipinski definition) is 6. The van der Waals surface area contributed by atoms with Gasteiger partial charge in [0.1, 0.15) is 0 Å². The number of amides is 1.